The van der Waals surface area contributed by atoms with Crippen LogP contribution in [-0.4, -0.2) is 30.2 Å². The van der Waals surface area contributed by atoms with E-state index in [2.05, 4.69) is 10.2 Å². The van der Waals surface area contributed by atoms with Gasteiger partial charge in [0.15, 0.2) is 0 Å². The van der Waals surface area contributed by atoms with Crippen molar-refractivity contribution in [1.82, 2.24) is 14.8 Å². The van der Waals surface area contributed by atoms with E-state index in [0.29, 0.717) is 5.69 Å². The van der Waals surface area contributed by atoms with Crippen molar-refractivity contribution in [1.29, 1.82) is 0 Å². The predicted octanol–water partition coefficient (Wildman–Crippen LogP) is 0.913. The van der Waals surface area contributed by atoms with Crippen molar-refractivity contribution in [2.45, 2.75) is 5.16 Å². The summed E-state index contributed by atoms with van der Waals surface area (Å²) in [6.45, 7) is 0. The van der Waals surface area contributed by atoms with Crippen molar-refractivity contribution in [3.05, 3.63) is 40.7 Å². The lowest BCUT2D eigenvalue weighted by atomic mass is 10.3. The Morgan fingerprint density at radius 3 is 2.76 bits per heavy atom. The van der Waals surface area contributed by atoms with E-state index in [4.69, 9.17) is 0 Å². The van der Waals surface area contributed by atoms with Gasteiger partial charge < -0.3 is 0 Å². The van der Waals surface area contributed by atoms with E-state index in [1.807, 2.05) is 0 Å². The van der Waals surface area contributed by atoms with Crippen molar-refractivity contribution in [3.63, 3.8) is 0 Å². The molecule has 1 atom stereocenters. The molecule has 0 saturated heterocycles. The molecule has 0 saturated carbocycles. The zero-order valence-electron chi connectivity index (χ0n) is 8.81. The Morgan fingerprint density at radius 2 is 2.12 bits per heavy atom. The molecular weight excluding hydrogens is 244 g/mol. The van der Waals surface area contributed by atoms with E-state index < -0.39 is 15.7 Å². The Labute approximate surface area is 98.7 Å². The van der Waals surface area contributed by atoms with Crippen molar-refractivity contribution < 1.29 is 9.13 Å². The molecule has 2 rings (SSSR count). The van der Waals surface area contributed by atoms with Gasteiger partial charge in [-0.2, -0.15) is 0 Å². The summed E-state index contributed by atoms with van der Waals surface area (Å²) < 4.78 is 12.8. The summed E-state index contributed by atoms with van der Waals surface area (Å²) in [6, 6.07) is 6.15. The number of hydrogen-bond acceptors (Lipinski definition) is 5. The first-order valence-electron chi connectivity index (χ1n) is 4.58. The van der Waals surface area contributed by atoms with Crippen LogP contribution in [0.5, 0.6) is 0 Å². The van der Waals surface area contributed by atoms with Gasteiger partial charge in [-0.15, -0.1) is 10.2 Å². The summed E-state index contributed by atoms with van der Waals surface area (Å²) >= 11 is 0. The fourth-order valence-electron chi connectivity index (χ4n) is 1.41. The zero-order chi connectivity index (χ0) is 12.4. The first-order chi connectivity index (χ1) is 8.11. The van der Waals surface area contributed by atoms with Crippen LogP contribution in [-0.2, 0) is 10.8 Å². The first kappa shape index (κ1) is 11.4. The van der Waals surface area contributed by atoms with Crippen LogP contribution in [0.15, 0.2) is 35.7 Å². The molecule has 2 aromatic rings. The van der Waals surface area contributed by atoms with E-state index in [-0.39, 0.29) is 10.8 Å². The second kappa shape index (κ2) is 4.42. The normalized spacial score (nSPS) is 12.3. The zero-order valence-corrected chi connectivity index (χ0v) is 9.63. The van der Waals surface area contributed by atoms with Crippen LogP contribution in [0.25, 0.3) is 5.69 Å². The SMILES string of the molecule is C[S@](=O)c1nncn1-c1ccccc1[N+](=O)[O-]. The maximum absolute atomic E-state index is 11.4. The summed E-state index contributed by atoms with van der Waals surface area (Å²) in [5.41, 5.74) is 0.215. The molecule has 0 amide bonds. The number of nitro groups is 1. The van der Waals surface area contributed by atoms with E-state index in [1.54, 1.807) is 18.2 Å². The molecule has 17 heavy (non-hydrogen) atoms. The standard InChI is InChI=1S/C9H8N4O3S/c1-17(16)9-11-10-6-12(9)7-4-2-3-5-8(7)13(14)15/h2-6H,1H3/t17-/m0/s1. The Bertz CT molecular complexity index is 595. The monoisotopic (exact) mass is 252 g/mol. The van der Waals surface area contributed by atoms with Gasteiger partial charge in [0.2, 0.25) is 5.16 Å². The molecule has 88 valence electrons. The molecule has 0 spiro atoms. The fraction of sp³-hybridized carbons (Fsp3) is 0.111. The summed E-state index contributed by atoms with van der Waals surface area (Å²) in [7, 11) is -1.36. The van der Waals surface area contributed by atoms with Gasteiger partial charge in [-0.1, -0.05) is 12.1 Å². The Kier molecular flexibility index (Phi) is 2.96. The van der Waals surface area contributed by atoms with Gasteiger partial charge in [0.05, 0.1) is 15.7 Å². The molecule has 0 aliphatic heterocycles. The minimum absolute atomic E-state index is 0.0843. The van der Waals surface area contributed by atoms with Crippen LogP contribution < -0.4 is 0 Å². The maximum atomic E-state index is 11.4. The molecule has 8 heteroatoms. The highest BCUT2D eigenvalue weighted by atomic mass is 32.2. The molecule has 1 aromatic carbocycles. The van der Waals surface area contributed by atoms with Gasteiger partial charge in [0, 0.05) is 12.3 Å². The molecule has 0 aliphatic rings. The number of benzene rings is 1. The second-order valence-electron chi connectivity index (χ2n) is 3.18. The van der Waals surface area contributed by atoms with Gasteiger partial charge in [-0.3, -0.25) is 18.9 Å². The van der Waals surface area contributed by atoms with Gasteiger partial charge in [-0.05, 0) is 6.07 Å². The Hall–Kier alpha value is -2.09. The highest BCUT2D eigenvalue weighted by molar-refractivity contribution is 7.84. The van der Waals surface area contributed by atoms with E-state index in [1.165, 1.54) is 23.2 Å². The molecule has 1 heterocycles. The van der Waals surface area contributed by atoms with E-state index >= 15 is 0 Å². The van der Waals surface area contributed by atoms with Crippen LogP contribution >= 0.6 is 0 Å². The van der Waals surface area contributed by atoms with Crippen LogP contribution in [0.2, 0.25) is 0 Å². The average Bonchev–Trinajstić information content (AvgIpc) is 2.77. The minimum atomic E-state index is -1.36. The van der Waals surface area contributed by atoms with Crippen LogP contribution in [0.4, 0.5) is 5.69 Å². The van der Waals surface area contributed by atoms with Crippen molar-refractivity contribution in [2.24, 2.45) is 0 Å². The minimum Gasteiger partial charge on any atom is -0.268 e. The highest BCUT2D eigenvalue weighted by Gasteiger charge is 2.18. The number of para-hydroxylation sites is 2. The molecule has 7 nitrogen and oxygen atoms in total. The Balaban J connectivity index is 2.64. The van der Waals surface area contributed by atoms with Gasteiger partial charge >= 0.3 is 0 Å². The van der Waals surface area contributed by atoms with Crippen molar-refractivity contribution in [2.75, 3.05) is 6.26 Å². The number of nitrogens with zero attached hydrogens (tertiary/aromatic N) is 4. The second-order valence-corrected chi connectivity index (χ2v) is 4.46. The molecule has 0 fully saturated rings. The van der Waals surface area contributed by atoms with Crippen molar-refractivity contribution >= 4 is 16.5 Å². The molecule has 0 unspecified atom stereocenters. The lowest BCUT2D eigenvalue weighted by Gasteiger charge is -2.04. The smallest absolute Gasteiger partial charge is 0.268 e. The van der Waals surface area contributed by atoms with Crippen LogP contribution in [0, 0.1) is 10.1 Å². The number of nitro benzene ring substituents is 1. The molecule has 0 radical (unpaired) electrons. The van der Waals surface area contributed by atoms with Gasteiger partial charge in [0.25, 0.3) is 5.69 Å². The van der Waals surface area contributed by atoms with Crippen LogP contribution in [0.1, 0.15) is 0 Å². The summed E-state index contributed by atoms with van der Waals surface area (Å²) in [5.74, 6) is 0. The maximum Gasteiger partial charge on any atom is 0.293 e. The number of rotatable bonds is 3. The average molecular weight is 252 g/mol. The van der Waals surface area contributed by atoms with Gasteiger partial charge in [0.1, 0.15) is 12.0 Å². The summed E-state index contributed by atoms with van der Waals surface area (Å²) in [4.78, 5) is 10.4. The van der Waals surface area contributed by atoms with E-state index in [0.717, 1.165) is 0 Å². The van der Waals surface area contributed by atoms with Gasteiger partial charge in [-0.25, -0.2) is 0 Å². The van der Waals surface area contributed by atoms with Crippen molar-refractivity contribution in [3.8, 4) is 5.69 Å². The molecule has 1 aromatic heterocycles. The third-order valence-corrected chi connectivity index (χ3v) is 2.90. The van der Waals surface area contributed by atoms with E-state index in [9.17, 15) is 14.3 Å². The summed E-state index contributed by atoms with van der Waals surface area (Å²) in [6.07, 6.45) is 2.74. The number of hydrogen-bond donors (Lipinski definition) is 0. The Morgan fingerprint density at radius 1 is 1.41 bits per heavy atom. The molecular formula is C9H8N4O3S. The fourth-order valence-corrected chi connectivity index (χ4v) is 1.99. The third-order valence-electron chi connectivity index (χ3n) is 2.11. The third kappa shape index (κ3) is 2.07. The van der Waals surface area contributed by atoms with Crippen LogP contribution in [0.3, 0.4) is 0 Å². The largest absolute Gasteiger partial charge is 0.293 e. The quantitative estimate of drug-likeness (QED) is 0.598. The lowest BCUT2D eigenvalue weighted by Crippen LogP contribution is -2.04. The number of aromatic nitrogens is 3. The lowest BCUT2D eigenvalue weighted by molar-refractivity contribution is -0.384. The highest BCUT2D eigenvalue weighted by Crippen LogP contribution is 2.23. The first-order valence-corrected chi connectivity index (χ1v) is 6.14. The molecule has 0 N–H and O–H groups in total. The molecule has 0 aliphatic carbocycles. The topological polar surface area (TPSA) is 90.9 Å². The predicted molar refractivity (Wildman–Crippen MR) is 60.3 cm³/mol. The molecule has 0 bridgehead atoms. The summed E-state index contributed by atoms with van der Waals surface area (Å²) in [5, 5.41) is 18.4.